The van der Waals surface area contributed by atoms with Gasteiger partial charge >= 0.3 is 0 Å². The summed E-state index contributed by atoms with van der Waals surface area (Å²) >= 11 is 5.95. The van der Waals surface area contributed by atoms with Crippen LogP contribution in [0.4, 0.5) is 0 Å². The van der Waals surface area contributed by atoms with Crippen molar-refractivity contribution < 1.29 is 13.2 Å². The van der Waals surface area contributed by atoms with Crippen LogP contribution in [-0.4, -0.2) is 21.3 Å². The van der Waals surface area contributed by atoms with Crippen molar-refractivity contribution in [3.8, 4) is 5.75 Å². The first-order chi connectivity index (χ1) is 7.33. The number of ether oxygens (including phenoxy) is 1. The van der Waals surface area contributed by atoms with Gasteiger partial charge in [-0.2, -0.15) is 0 Å². The minimum atomic E-state index is -3.50. The summed E-state index contributed by atoms with van der Waals surface area (Å²) in [6.45, 7) is 1.85. The maximum Gasteiger partial charge on any atom is 0.232 e. The van der Waals surface area contributed by atoms with Crippen molar-refractivity contribution >= 4 is 31.3 Å². The highest BCUT2D eigenvalue weighted by molar-refractivity contribution is 8.13. The average Bonchev–Trinajstić information content (AvgIpc) is 2.18. The van der Waals surface area contributed by atoms with E-state index in [0.29, 0.717) is 10.8 Å². The van der Waals surface area contributed by atoms with Gasteiger partial charge < -0.3 is 4.74 Å². The summed E-state index contributed by atoms with van der Waals surface area (Å²) < 4.78 is 26.8. The third kappa shape index (κ3) is 3.85. The first kappa shape index (κ1) is 13.6. The lowest BCUT2D eigenvalue weighted by Crippen LogP contribution is -2.03. The van der Waals surface area contributed by atoms with Crippen LogP contribution >= 0.6 is 22.3 Å². The summed E-state index contributed by atoms with van der Waals surface area (Å²) in [5.41, 5.74) is 1.62. The Morgan fingerprint density at radius 1 is 1.38 bits per heavy atom. The lowest BCUT2D eigenvalue weighted by molar-refractivity contribution is 0.410. The van der Waals surface area contributed by atoms with E-state index < -0.39 is 9.05 Å². The fraction of sp³-hybridized carbons (Fsp3) is 0.400. The van der Waals surface area contributed by atoms with Gasteiger partial charge in [0, 0.05) is 15.7 Å². The normalized spacial score (nSPS) is 11.5. The number of halogens is 2. The zero-order valence-electron chi connectivity index (χ0n) is 8.96. The number of rotatable bonds is 4. The monoisotopic (exact) mass is 282 g/mol. The minimum Gasteiger partial charge on any atom is -0.496 e. The van der Waals surface area contributed by atoms with Crippen LogP contribution in [0.15, 0.2) is 12.1 Å². The first-order valence-corrected chi connectivity index (χ1v) is 7.44. The third-order valence-corrected chi connectivity index (χ3v) is 3.74. The van der Waals surface area contributed by atoms with Gasteiger partial charge in [0.1, 0.15) is 5.75 Å². The predicted molar refractivity (Wildman–Crippen MR) is 66.1 cm³/mol. The van der Waals surface area contributed by atoms with Crippen LogP contribution in [0.25, 0.3) is 0 Å². The topological polar surface area (TPSA) is 43.4 Å². The zero-order valence-corrected chi connectivity index (χ0v) is 11.3. The average molecular weight is 283 g/mol. The van der Waals surface area contributed by atoms with E-state index in [-0.39, 0.29) is 12.2 Å². The van der Waals surface area contributed by atoms with Crippen molar-refractivity contribution in [3.63, 3.8) is 0 Å². The van der Waals surface area contributed by atoms with Gasteiger partial charge in [0.25, 0.3) is 0 Å². The number of hydrogen-bond donors (Lipinski definition) is 0. The van der Waals surface area contributed by atoms with Gasteiger partial charge in [-0.3, -0.25) is 0 Å². The van der Waals surface area contributed by atoms with Gasteiger partial charge in [-0.1, -0.05) is 11.6 Å². The van der Waals surface area contributed by atoms with Crippen molar-refractivity contribution in [1.82, 2.24) is 0 Å². The summed E-state index contributed by atoms with van der Waals surface area (Å²) in [6, 6.07) is 3.48. The largest absolute Gasteiger partial charge is 0.496 e. The molecule has 6 heteroatoms. The number of hydrogen-bond acceptors (Lipinski definition) is 3. The molecule has 0 saturated carbocycles. The van der Waals surface area contributed by atoms with Gasteiger partial charge in [-0.15, -0.1) is 0 Å². The summed E-state index contributed by atoms with van der Waals surface area (Å²) in [4.78, 5) is 0. The third-order valence-electron chi connectivity index (χ3n) is 2.18. The highest BCUT2D eigenvalue weighted by Gasteiger charge is 2.11. The van der Waals surface area contributed by atoms with E-state index in [9.17, 15) is 8.42 Å². The van der Waals surface area contributed by atoms with Crippen molar-refractivity contribution in [2.75, 3.05) is 12.9 Å². The van der Waals surface area contributed by atoms with Crippen molar-refractivity contribution in [2.45, 2.75) is 13.3 Å². The van der Waals surface area contributed by atoms with Gasteiger partial charge in [0.15, 0.2) is 0 Å². The van der Waals surface area contributed by atoms with Gasteiger partial charge in [0.05, 0.1) is 12.9 Å². The summed E-state index contributed by atoms with van der Waals surface area (Å²) in [6.07, 6.45) is 0.287. The molecule has 1 aromatic carbocycles. The fourth-order valence-corrected chi connectivity index (χ4v) is 2.19. The van der Waals surface area contributed by atoms with Crippen LogP contribution in [0.2, 0.25) is 5.02 Å². The summed E-state index contributed by atoms with van der Waals surface area (Å²) in [5, 5.41) is 0.586. The second kappa shape index (κ2) is 5.25. The molecule has 0 aliphatic heterocycles. The van der Waals surface area contributed by atoms with Crippen LogP contribution in [0.5, 0.6) is 5.75 Å². The Labute approximate surface area is 105 Å². The molecule has 0 spiro atoms. The molecule has 0 aromatic heterocycles. The quantitative estimate of drug-likeness (QED) is 0.798. The van der Waals surface area contributed by atoms with E-state index in [1.54, 1.807) is 12.1 Å². The Bertz CT molecular complexity index is 483. The molecule has 0 N–H and O–H groups in total. The molecule has 0 aliphatic rings. The lowest BCUT2D eigenvalue weighted by atomic mass is 10.1. The Morgan fingerprint density at radius 3 is 2.50 bits per heavy atom. The smallest absolute Gasteiger partial charge is 0.232 e. The van der Waals surface area contributed by atoms with Crippen molar-refractivity contribution in [2.24, 2.45) is 0 Å². The molecule has 0 saturated heterocycles. The predicted octanol–water partition coefficient (Wildman–Crippen LogP) is 2.77. The molecule has 0 unspecified atom stereocenters. The molecule has 0 bridgehead atoms. The molecule has 0 aliphatic carbocycles. The van der Waals surface area contributed by atoms with E-state index in [4.69, 9.17) is 27.0 Å². The molecule has 1 aromatic rings. The Balaban J connectivity index is 2.99. The Kier molecular flexibility index (Phi) is 4.47. The molecular weight excluding hydrogens is 271 g/mol. The maximum atomic E-state index is 10.8. The standard InChI is InChI=1S/C10H12Cl2O3S/c1-7-5-10(15-2)8(6-9(7)11)3-4-16(12,13)14/h5-6H,3-4H2,1-2H3. The highest BCUT2D eigenvalue weighted by Crippen LogP contribution is 2.27. The number of methoxy groups -OCH3 is 1. The van der Waals surface area contributed by atoms with Crippen LogP contribution in [0.3, 0.4) is 0 Å². The van der Waals surface area contributed by atoms with Crippen molar-refractivity contribution in [3.05, 3.63) is 28.3 Å². The zero-order chi connectivity index (χ0) is 12.3. The van der Waals surface area contributed by atoms with Crippen molar-refractivity contribution in [1.29, 1.82) is 0 Å². The second-order valence-electron chi connectivity index (χ2n) is 3.41. The molecule has 90 valence electrons. The number of aryl methyl sites for hydroxylation is 2. The fourth-order valence-electron chi connectivity index (χ4n) is 1.31. The second-order valence-corrected chi connectivity index (χ2v) is 6.71. The molecule has 0 amide bonds. The molecule has 3 nitrogen and oxygen atoms in total. The Morgan fingerprint density at radius 2 is 2.00 bits per heavy atom. The molecule has 0 atom stereocenters. The van der Waals surface area contributed by atoms with Crippen LogP contribution in [0.1, 0.15) is 11.1 Å². The first-order valence-electron chi connectivity index (χ1n) is 4.59. The SMILES string of the molecule is COc1cc(C)c(Cl)cc1CCS(=O)(=O)Cl. The molecule has 1 rings (SSSR count). The molecule has 0 radical (unpaired) electrons. The lowest BCUT2D eigenvalue weighted by Gasteiger charge is -2.10. The van der Waals surface area contributed by atoms with Crippen LogP contribution in [0, 0.1) is 6.92 Å². The Hall–Kier alpha value is -0.450. The summed E-state index contributed by atoms with van der Waals surface area (Å²) in [5.74, 6) is 0.492. The molecular formula is C10H12Cl2O3S. The van der Waals surface area contributed by atoms with Crippen LogP contribution < -0.4 is 4.74 Å². The van der Waals surface area contributed by atoms with E-state index in [2.05, 4.69) is 0 Å². The van der Waals surface area contributed by atoms with Gasteiger partial charge in [-0.05, 0) is 36.6 Å². The summed E-state index contributed by atoms with van der Waals surface area (Å²) in [7, 11) is 3.18. The van der Waals surface area contributed by atoms with Crippen LogP contribution in [-0.2, 0) is 15.5 Å². The van der Waals surface area contributed by atoms with E-state index >= 15 is 0 Å². The molecule has 0 heterocycles. The molecule has 0 fully saturated rings. The van der Waals surface area contributed by atoms with Gasteiger partial charge in [-0.25, -0.2) is 8.42 Å². The minimum absolute atomic E-state index is 0.135. The number of benzene rings is 1. The van der Waals surface area contributed by atoms with E-state index in [0.717, 1.165) is 11.1 Å². The maximum absolute atomic E-state index is 10.8. The van der Waals surface area contributed by atoms with E-state index in [1.165, 1.54) is 7.11 Å². The molecule has 16 heavy (non-hydrogen) atoms. The van der Waals surface area contributed by atoms with Gasteiger partial charge in [0.2, 0.25) is 9.05 Å². The van der Waals surface area contributed by atoms with E-state index in [1.807, 2.05) is 6.92 Å². The highest BCUT2D eigenvalue weighted by atomic mass is 35.7.